The highest BCUT2D eigenvalue weighted by Gasteiger charge is 2.23. The molecule has 0 radical (unpaired) electrons. The molecule has 0 bridgehead atoms. The zero-order chi connectivity index (χ0) is 29.9. The first kappa shape index (κ1) is 25.6. The van der Waals surface area contributed by atoms with Crippen LogP contribution in [0.15, 0.2) is 121 Å². The predicted molar refractivity (Wildman–Crippen MR) is 179 cm³/mol. The van der Waals surface area contributed by atoms with Gasteiger partial charge in [0.25, 0.3) is 0 Å². The third-order valence-corrected chi connectivity index (χ3v) is 8.66. The minimum atomic E-state index is 0.558. The van der Waals surface area contributed by atoms with Crippen molar-refractivity contribution in [3.05, 3.63) is 144 Å². The third kappa shape index (κ3) is 3.76. The van der Waals surface area contributed by atoms with Gasteiger partial charge in [0.2, 0.25) is 0 Å². The van der Waals surface area contributed by atoms with Crippen LogP contribution in [0.25, 0.3) is 66.1 Å². The number of nitrogens with zero attached hydrogens (tertiary/aromatic N) is 4. The maximum atomic E-state index is 10.9. The molecule has 2 aromatic heterocycles. The van der Waals surface area contributed by atoms with Crippen molar-refractivity contribution >= 4 is 43.6 Å². The van der Waals surface area contributed by atoms with E-state index >= 15 is 0 Å². The summed E-state index contributed by atoms with van der Waals surface area (Å²) in [5, 5.41) is 25.1. The van der Waals surface area contributed by atoms with Gasteiger partial charge in [-0.1, -0.05) is 72.8 Å². The largest absolute Gasteiger partial charge is 0.307 e. The number of aryl methyl sites for hydroxylation is 2. The van der Waals surface area contributed by atoms with Gasteiger partial charge >= 0.3 is 0 Å². The molecule has 4 nitrogen and oxygen atoms in total. The second kappa shape index (κ2) is 9.73. The highest BCUT2D eigenvalue weighted by molar-refractivity contribution is 6.12. The van der Waals surface area contributed by atoms with Crippen LogP contribution >= 0.6 is 0 Å². The lowest BCUT2D eigenvalue weighted by Crippen LogP contribution is -2.07. The summed E-state index contributed by atoms with van der Waals surface area (Å²) in [6.45, 7) is 4.22. The quantitative estimate of drug-likeness (QED) is 0.215. The smallest absolute Gasteiger partial charge is 0.101 e. The van der Waals surface area contributed by atoms with Crippen LogP contribution in [0.2, 0.25) is 0 Å². The van der Waals surface area contributed by atoms with Crippen LogP contribution in [0.4, 0.5) is 0 Å². The maximum Gasteiger partial charge on any atom is 0.101 e. The van der Waals surface area contributed by atoms with Crippen molar-refractivity contribution in [1.29, 1.82) is 10.5 Å². The molecule has 0 aliphatic carbocycles. The molecule has 0 atom stereocenters. The van der Waals surface area contributed by atoms with Crippen LogP contribution in [0.3, 0.4) is 0 Å². The number of aromatic nitrogens is 2. The summed E-state index contributed by atoms with van der Waals surface area (Å²) in [4.78, 5) is 0. The van der Waals surface area contributed by atoms with E-state index in [1.807, 2.05) is 24.3 Å². The van der Waals surface area contributed by atoms with Crippen LogP contribution in [-0.2, 0) is 0 Å². The number of hydrogen-bond donors (Lipinski definition) is 0. The summed E-state index contributed by atoms with van der Waals surface area (Å²) < 4.78 is 4.57. The molecule has 44 heavy (non-hydrogen) atoms. The second-order valence-electron chi connectivity index (χ2n) is 11.4. The summed E-state index contributed by atoms with van der Waals surface area (Å²) in [5.41, 5.74) is 11.2. The van der Waals surface area contributed by atoms with Crippen molar-refractivity contribution in [2.45, 2.75) is 13.8 Å². The van der Waals surface area contributed by atoms with Crippen molar-refractivity contribution in [3.63, 3.8) is 0 Å². The van der Waals surface area contributed by atoms with Gasteiger partial charge in [-0.05, 0) is 84.6 Å². The van der Waals surface area contributed by atoms with Gasteiger partial charge < -0.3 is 9.13 Å². The minimum Gasteiger partial charge on any atom is -0.307 e. The van der Waals surface area contributed by atoms with Gasteiger partial charge in [-0.25, -0.2) is 0 Å². The highest BCUT2D eigenvalue weighted by atomic mass is 15.1. The molecule has 0 amide bonds. The molecule has 0 saturated carbocycles. The molecule has 6 aromatic carbocycles. The van der Waals surface area contributed by atoms with E-state index in [1.165, 1.54) is 0 Å². The van der Waals surface area contributed by atoms with Crippen LogP contribution in [0.1, 0.15) is 22.3 Å². The van der Waals surface area contributed by atoms with Crippen molar-refractivity contribution < 1.29 is 0 Å². The number of hydrogen-bond acceptors (Lipinski definition) is 2. The lowest BCUT2D eigenvalue weighted by atomic mass is 9.98. The molecule has 8 rings (SSSR count). The van der Waals surface area contributed by atoms with Crippen molar-refractivity contribution in [2.75, 3.05) is 0 Å². The van der Waals surface area contributed by atoms with Gasteiger partial charge in [0.05, 0.1) is 50.6 Å². The Morgan fingerprint density at radius 3 is 1.70 bits per heavy atom. The molecule has 0 aliphatic heterocycles. The Hall–Kier alpha value is -6.10. The SMILES string of the molecule is Cc1ccc2c3ccccc3n(-c3cc(-c4cccc(C#N)c4)cc(C#N)c3-n3c4ccccc4c4ccc(C)cc43)c2c1. The average Bonchev–Trinajstić information content (AvgIpc) is 3.55. The molecule has 0 unspecified atom stereocenters. The molecule has 0 fully saturated rings. The molecule has 0 N–H and O–H groups in total. The summed E-state index contributed by atoms with van der Waals surface area (Å²) in [6.07, 6.45) is 0. The fourth-order valence-corrected chi connectivity index (χ4v) is 6.71. The molecular formula is C40H26N4. The third-order valence-electron chi connectivity index (χ3n) is 8.66. The van der Waals surface area contributed by atoms with Crippen LogP contribution in [0, 0.1) is 36.5 Å². The van der Waals surface area contributed by atoms with E-state index in [0.717, 1.165) is 77.2 Å². The molecule has 0 spiro atoms. The second-order valence-corrected chi connectivity index (χ2v) is 11.4. The zero-order valence-electron chi connectivity index (χ0n) is 24.3. The molecule has 0 aliphatic rings. The van der Waals surface area contributed by atoms with Crippen LogP contribution in [-0.4, -0.2) is 9.13 Å². The van der Waals surface area contributed by atoms with E-state index in [4.69, 9.17) is 0 Å². The zero-order valence-corrected chi connectivity index (χ0v) is 24.3. The summed E-state index contributed by atoms with van der Waals surface area (Å²) >= 11 is 0. The number of benzene rings is 6. The first-order chi connectivity index (χ1) is 21.6. The highest BCUT2D eigenvalue weighted by Crippen LogP contribution is 2.41. The van der Waals surface area contributed by atoms with Gasteiger partial charge in [0.1, 0.15) is 6.07 Å². The lowest BCUT2D eigenvalue weighted by Gasteiger charge is -2.20. The first-order valence-corrected chi connectivity index (χ1v) is 14.6. The van der Waals surface area contributed by atoms with Gasteiger partial charge in [-0.2, -0.15) is 10.5 Å². The van der Waals surface area contributed by atoms with Gasteiger partial charge in [0.15, 0.2) is 0 Å². The summed E-state index contributed by atoms with van der Waals surface area (Å²) in [7, 11) is 0. The minimum absolute atomic E-state index is 0.558. The standard InChI is InChI=1S/C40H26N4/c1-25-14-16-33-31-10-3-5-12-35(31)43(37(33)18-25)39-22-29(28-9-7-8-27(20-28)23-41)21-30(24-42)40(39)44-36-13-6-4-11-32(36)34-17-15-26(2)19-38(34)44/h3-22H,1-2H3. The normalized spacial score (nSPS) is 11.4. The lowest BCUT2D eigenvalue weighted by molar-refractivity contribution is 1.09. The fraction of sp³-hybridized carbons (Fsp3) is 0.0500. The van der Waals surface area contributed by atoms with E-state index in [2.05, 4.69) is 126 Å². The summed E-state index contributed by atoms with van der Waals surface area (Å²) in [6, 6.07) is 46.6. The number of para-hydroxylation sites is 2. The number of nitriles is 2. The maximum absolute atomic E-state index is 10.9. The molecule has 2 heterocycles. The van der Waals surface area contributed by atoms with E-state index in [9.17, 15) is 10.5 Å². The number of fused-ring (bicyclic) bond motifs is 6. The van der Waals surface area contributed by atoms with Gasteiger partial charge in [0, 0.05) is 21.5 Å². The Labute approximate surface area is 254 Å². The topological polar surface area (TPSA) is 57.4 Å². The Morgan fingerprint density at radius 2 is 1.07 bits per heavy atom. The molecule has 8 aromatic rings. The van der Waals surface area contributed by atoms with E-state index in [0.29, 0.717) is 11.1 Å². The van der Waals surface area contributed by atoms with Gasteiger partial charge in [-0.15, -0.1) is 0 Å². The predicted octanol–water partition coefficient (Wildman–Crippen LogP) is 9.91. The Balaban J connectivity index is 1.60. The van der Waals surface area contributed by atoms with Gasteiger partial charge in [-0.3, -0.25) is 0 Å². The average molecular weight is 563 g/mol. The van der Waals surface area contributed by atoms with E-state index in [-0.39, 0.29) is 0 Å². The Morgan fingerprint density at radius 1 is 0.477 bits per heavy atom. The fourth-order valence-electron chi connectivity index (χ4n) is 6.71. The van der Waals surface area contributed by atoms with E-state index < -0.39 is 0 Å². The first-order valence-electron chi connectivity index (χ1n) is 14.6. The Kier molecular flexibility index (Phi) is 5.66. The molecule has 0 saturated heterocycles. The van der Waals surface area contributed by atoms with Crippen molar-refractivity contribution in [1.82, 2.24) is 9.13 Å². The molecule has 206 valence electrons. The summed E-state index contributed by atoms with van der Waals surface area (Å²) in [5.74, 6) is 0. The monoisotopic (exact) mass is 562 g/mol. The molecule has 4 heteroatoms. The van der Waals surface area contributed by atoms with Crippen molar-refractivity contribution in [3.8, 4) is 34.6 Å². The Bertz CT molecular complexity index is 2550. The molecular weight excluding hydrogens is 536 g/mol. The van der Waals surface area contributed by atoms with Crippen LogP contribution in [0.5, 0.6) is 0 Å². The number of rotatable bonds is 3. The van der Waals surface area contributed by atoms with Crippen LogP contribution < -0.4 is 0 Å². The van der Waals surface area contributed by atoms with Crippen molar-refractivity contribution in [2.24, 2.45) is 0 Å². The van der Waals surface area contributed by atoms with E-state index in [1.54, 1.807) is 6.07 Å².